The molecule has 0 radical (unpaired) electrons. The summed E-state index contributed by atoms with van der Waals surface area (Å²) in [4.78, 5) is 37.4. The van der Waals surface area contributed by atoms with Crippen molar-refractivity contribution >= 4 is 17.7 Å². The van der Waals surface area contributed by atoms with Crippen LogP contribution in [0.2, 0.25) is 0 Å². The number of esters is 2. The van der Waals surface area contributed by atoms with E-state index in [1.54, 1.807) is 18.2 Å². The summed E-state index contributed by atoms with van der Waals surface area (Å²) in [7, 11) is 2.03. The first-order chi connectivity index (χ1) is 11.9. The first-order valence-electron chi connectivity index (χ1n) is 7.47. The van der Waals surface area contributed by atoms with Crippen molar-refractivity contribution in [2.45, 2.75) is 18.1 Å². The van der Waals surface area contributed by atoms with Crippen molar-refractivity contribution in [2.75, 3.05) is 14.2 Å². The number of hydrogen-bond acceptors (Lipinski definition) is 8. The number of aliphatic hydroxyl groups is 2. The lowest BCUT2D eigenvalue weighted by atomic mass is 9.67. The summed E-state index contributed by atoms with van der Waals surface area (Å²) in [5.41, 5.74) is -3.27. The van der Waals surface area contributed by atoms with Crippen LogP contribution in [0, 0.1) is 5.92 Å². The summed E-state index contributed by atoms with van der Waals surface area (Å²) >= 11 is 0. The van der Waals surface area contributed by atoms with Crippen molar-refractivity contribution in [1.29, 1.82) is 0 Å². The number of benzene rings is 1. The Balaban J connectivity index is 2.22. The molecule has 0 fully saturated rings. The Morgan fingerprint density at radius 2 is 1.92 bits per heavy atom. The third-order valence-corrected chi connectivity index (χ3v) is 4.49. The number of ether oxygens (including phenoxy) is 3. The number of aliphatic hydroxyl groups excluding tert-OH is 1. The van der Waals surface area contributed by atoms with Crippen LogP contribution >= 0.6 is 0 Å². The van der Waals surface area contributed by atoms with E-state index in [0.717, 1.165) is 14.2 Å². The van der Waals surface area contributed by atoms with Crippen molar-refractivity contribution in [3.8, 4) is 5.75 Å². The minimum atomic E-state index is -2.72. The highest BCUT2D eigenvalue weighted by molar-refractivity contribution is 6.10. The molecule has 1 aromatic carbocycles. The topological polar surface area (TPSA) is 119 Å². The SMILES string of the molecule is COC(=O)C1=C(O)C[C@@H]2Oc3ccccc3C(=O)[C@H]2[C@]1(O)C(=O)OC. The van der Waals surface area contributed by atoms with Crippen molar-refractivity contribution in [3.63, 3.8) is 0 Å². The molecule has 0 saturated carbocycles. The molecule has 1 aromatic rings. The number of rotatable bonds is 2. The van der Waals surface area contributed by atoms with E-state index in [1.165, 1.54) is 6.07 Å². The van der Waals surface area contributed by atoms with E-state index in [0.29, 0.717) is 0 Å². The predicted molar refractivity (Wildman–Crippen MR) is 81.9 cm³/mol. The Morgan fingerprint density at radius 1 is 1.24 bits per heavy atom. The molecule has 1 aliphatic heterocycles. The molecule has 8 heteroatoms. The van der Waals surface area contributed by atoms with Gasteiger partial charge in [-0.15, -0.1) is 0 Å². The number of methoxy groups -OCH3 is 2. The highest BCUT2D eigenvalue weighted by Gasteiger charge is 2.63. The molecule has 0 spiro atoms. The zero-order valence-corrected chi connectivity index (χ0v) is 13.5. The second kappa shape index (κ2) is 5.89. The average Bonchev–Trinajstić information content (AvgIpc) is 2.60. The van der Waals surface area contributed by atoms with Crippen LogP contribution < -0.4 is 4.74 Å². The van der Waals surface area contributed by atoms with Crippen molar-refractivity contribution < 1.29 is 38.8 Å². The fraction of sp³-hybridized carbons (Fsp3) is 0.353. The molecule has 3 rings (SSSR count). The maximum atomic E-state index is 12.9. The van der Waals surface area contributed by atoms with E-state index >= 15 is 0 Å². The average molecular weight is 348 g/mol. The Bertz CT molecular complexity index is 796. The second-order valence-corrected chi connectivity index (χ2v) is 5.77. The number of Topliss-reactive ketones (excluding diaryl/α,β-unsaturated/α-hetero) is 1. The number of fused-ring (bicyclic) bond motifs is 2. The fourth-order valence-corrected chi connectivity index (χ4v) is 3.39. The highest BCUT2D eigenvalue weighted by Crippen LogP contribution is 2.46. The molecule has 3 atom stereocenters. The first kappa shape index (κ1) is 17.0. The standard InChI is InChI=1S/C17H16O8/c1-23-15(20)12-9(18)7-11-13(17(12,22)16(21)24-2)14(19)8-5-3-4-6-10(8)25-11/h3-6,11,13,18,22H,7H2,1-2H3/t11-,13-,17-/m0/s1. The number of carbonyl (C=O) groups is 3. The molecule has 8 nitrogen and oxygen atoms in total. The Kier molecular flexibility index (Phi) is 4.00. The zero-order valence-electron chi connectivity index (χ0n) is 13.5. The summed E-state index contributed by atoms with van der Waals surface area (Å²) in [6.07, 6.45) is -1.28. The van der Waals surface area contributed by atoms with Gasteiger partial charge in [0.1, 0.15) is 29.1 Å². The summed E-state index contributed by atoms with van der Waals surface area (Å²) in [6, 6.07) is 6.32. The lowest BCUT2D eigenvalue weighted by Crippen LogP contribution is -2.62. The molecular weight excluding hydrogens is 332 g/mol. The molecule has 1 aliphatic carbocycles. The van der Waals surface area contributed by atoms with Gasteiger partial charge in [0.25, 0.3) is 0 Å². The number of hydrogen-bond donors (Lipinski definition) is 2. The molecule has 2 N–H and O–H groups in total. The van der Waals surface area contributed by atoms with E-state index in [9.17, 15) is 24.6 Å². The zero-order chi connectivity index (χ0) is 18.4. The number of para-hydroxylation sites is 1. The number of carbonyl (C=O) groups excluding carboxylic acids is 3. The molecule has 2 aliphatic rings. The normalized spacial score (nSPS) is 27.7. The molecule has 0 bridgehead atoms. The Morgan fingerprint density at radius 3 is 2.56 bits per heavy atom. The van der Waals surface area contributed by atoms with Crippen LogP contribution in [0.1, 0.15) is 16.8 Å². The lowest BCUT2D eigenvalue weighted by Gasteiger charge is -2.43. The van der Waals surface area contributed by atoms with Crippen LogP contribution in [0.5, 0.6) is 5.75 Å². The predicted octanol–water partition coefficient (Wildman–Crippen LogP) is 0.539. The van der Waals surface area contributed by atoms with Gasteiger partial charge in [-0.2, -0.15) is 0 Å². The van der Waals surface area contributed by atoms with Crippen LogP contribution in [0.4, 0.5) is 0 Å². The van der Waals surface area contributed by atoms with Crippen molar-refractivity contribution in [1.82, 2.24) is 0 Å². The van der Waals surface area contributed by atoms with E-state index in [1.807, 2.05) is 0 Å². The van der Waals surface area contributed by atoms with Gasteiger partial charge in [-0.3, -0.25) is 4.79 Å². The minimum Gasteiger partial charge on any atom is -0.511 e. The first-order valence-corrected chi connectivity index (χ1v) is 7.47. The molecule has 0 saturated heterocycles. The maximum Gasteiger partial charge on any atom is 0.343 e. The van der Waals surface area contributed by atoms with Gasteiger partial charge in [-0.1, -0.05) is 12.1 Å². The summed E-state index contributed by atoms with van der Waals surface area (Å²) < 4.78 is 14.9. The molecule has 1 heterocycles. The van der Waals surface area contributed by atoms with Crippen LogP contribution in [0.25, 0.3) is 0 Å². The van der Waals surface area contributed by atoms with E-state index < -0.39 is 46.7 Å². The van der Waals surface area contributed by atoms with Gasteiger partial charge in [-0.05, 0) is 12.1 Å². The quantitative estimate of drug-likeness (QED) is 0.743. The van der Waals surface area contributed by atoms with Crippen molar-refractivity contribution in [2.24, 2.45) is 5.92 Å². The van der Waals surface area contributed by atoms with E-state index in [2.05, 4.69) is 9.47 Å². The molecule has 0 amide bonds. The lowest BCUT2D eigenvalue weighted by molar-refractivity contribution is -0.171. The van der Waals surface area contributed by atoms with E-state index in [4.69, 9.17) is 4.74 Å². The minimum absolute atomic E-state index is 0.164. The molecule has 132 valence electrons. The van der Waals surface area contributed by atoms with E-state index in [-0.39, 0.29) is 17.7 Å². The monoisotopic (exact) mass is 348 g/mol. The second-order valence-electron chi connectivity index (χ2n) is 5.77. The van der Waals surface area contributed by atoms with Gasteiger partial charge in [0, 0.05) is 6.42 Å². The fourth-order valence-electron chi connectivity index (χ4n) is 3.39. The smallest absolute Gasteiger partial charge is 0.343 e. The maximum absolute atomic E-state index is 12.9. The van der Waals surface area contributed by atoms with Crippen LogP contribution in [0.3, 0.4) is 0 Å². The van der Waals surface area contributed by atoms with Gasteiger partial charge in [0.05, 0.1) is 19.8 Å². The third kappa shape index (κ3) is 2.29. The van der Waals surface area contributed by atoms with Crippen LogP contribution in [0.15, 0.2) is 35.6 Å². The van der Waals surface area contributed by atoms with Gasteiger partial charge < -0.3 is 24.4 Å². The summed E-state index contributed by atoms with van der Waals surface area (Å²) in [5, 5.41) is 21.3. The molecule has 25 heavy (non-hydrogen) atoms. The highest BCUT2D eigenvalue weighted by atomic mass is 16.5. The third-order valence-electron chi connectivity index (χ3n) is 4.49. The Labute approximate surface area is 142 Å². The van der Waals surface area contributed by atoms with Gasteiger partial charge >= 0.3 is 11.9 Å². The van der Waals surface area contributed by atoms with Gasteiger partial charge in [-0.25, -0.2) is 9.59 Å². The van der Waals surface area contributed by atoms with Gasteiger partial charge in [0.2, 0.25) is 5.60 Å². The van der Waals surface area contributed by atoms with Crippen LogP contribution in [-0.4, -0.2) is 53.9 Å². The molecular formula is C17H16O8. The Hall–Kier alpha value is -2.87. The largest absolute Gasteiger partial charge is 0.511 e. The molecule has 0 unspecified atom stereocenters. The van der Waals surface area contributed by atoms with Crippen LogP contribution in [-0.2, 0) is 19.1 Å². The summed E-state index contributed by atoms with van der Waals surface area (Å²) in [5.74, 6) is -4.75. The molecule has 0 aromatic heterocycles. The summed E-state index contributed by atoms with van der Waals surface area (Å²) in [6.45, 7) is 0. The number of ketones is 1. The van der Waals surface area contributed by atoms with Crippen molar-refractivity contribution in [3.05, 3.63) is 41.2 Å². The van der Waals surface area contributed by atoms with Gasteiger partial charge in [0.15, 0.2) is 5.78 Å².